The molecule has 2 nitrogen and oxygen atoms in total. The topological polar surface area (TPSA) is 34.1 Å². The number of hydrogen-bond donors (Lipinski definition) is 0. The van der Waals surface area contributed by atoms with Gasteiger partial charge < -0.3 is 0 Å². The predicted molar refractivity (Wildman–Crippen MR) is 69.7 cm³/mol. The Morgan fingerprint density at radius 3 is 1.52 bits per heavy atom. The van der Waals surface area contributed by atoms with E-state index < -0.39 is 29.9 Å². The van der Waals surface area contributed by atoms with Crippen molar-refractivity contribution in [3.05, 3.63) is 54.6 Å². The molecule has 0 saturated carbocycles. The Labute approximate surface area is 117 Å². The van der Waals surface area contributed by atoms with Gasteiger partial charge in [0.25, 0.3) is 0 Å². The van der Waals surface area contributed by atoms with Crippen molar-refractivity contribution in [1.29, 1.82) is 0 Å². The molecule has 0 unspecified atom stereocenters. The molecule has 0 aliphatic carbocycles. The van der Waals surface area contributed by atoms with E-state index in [1.54, 1.807) is 6.07 Å². The van der Waals surface area contributed by atoms with E-state index in [1.807, 2.05) is 0 Å². The zero-order chi connectivity index (χ0) is 16.0. The molecular weight excluding hydrogens is 335 g/mol. The van der Waals surface area contributed by atoms with Crippen molar-refractivity contribution >= 4 is 20.1 Å². The van der Waals surface area contributed by atoms with Crippen LogP contribution in [0, 0.1) is 0 Å². The van der Waals surface area contributed by atoms with Gasteiger partial charge >= 0.3 is 10.2 Å². The normalized spacial score (nSPS) is 16.0. The van der Waals surface area contributed by atoms with Crippen molar-refractivity contribution in [2.75, 3.05) is 0 Å². The Bertz CT molecular complexity index is 766. The van der Waals surface area contributed by atoms with Crippen LogP contribution in [0.4, 0.5) is 19.4 Å². The van der Waals surface area contributed by atoms with Crippen LogP contribution in [0.15, 0.2) is 69.3 Å². The minimum absolute atomic E-state index is 0.0807. The molecule has 0 bridgehead atoms. The third-order valence-electron chi connectivity index (χ3n) is 2.63. The van der Waals surface area contributed by atoms with Crippen molar-refractivity contribution in [2.45, 2.75) is 14.7 Å². The molecule has 0 saturated heterocycles. The Morgan fingerprint density at radius 1 is 0.667 bits per heavy atom. The highest BCUT2D eigenvalue weighted by atomic mass is 32.5. The molecule has 0 spiro atoms. The first-order valence-corrected chi connectivity index (χ1v) is 8.88. The van der Waals surface area contributed by atoms with Crippen LogP contribution in [0.1, 0.15) is 0 Å². The fourth-order valence-corrected chi connectivity index (χ4v) is 3.54. The standard InChI is InChI=1S/C12H9F5O2S2/c13-21(14,15,16,17)12-8-6-11(7-9-12)20(18,19)10-4-2-1-3-5-10/h1-9H. The minimum Gasteiger partial charge on any atom is -0.219 e. The van der Waals surface area contributed by atoms with Crippen molar-refractivity contribution in [2.24, 2.45) is 0 Å². The van der Waals surface area contributed by atoms with Gasteiger partial charge in [-0.1, -0.05) is 37.6 Å². The molecule has 2 aromatic carbocycles. The summed E-state index contributed by atoms with van der Waals surface area (Å²) >= 11 is 0. The monoisotopic (exact) mass is 344 g/mol. The number of halogens is 5. The van der Waals surface area contributed by atoms with Crippen LogP contribution in [-0.4, -0.2) is 8.42 Å². The number of rotatable bonds is 3. The van der Waals surface area contributed by atoms with Gasteiger partial charge in [-0.3, -0.25) is 0 Å². The molecule has 0 radical (unpaired) electrons. The molecule has 116 valence electrons. The van der Waals surface area contributed by atoms with Gasteiger partial charge in [-0.05, 0) is 36.4 Å². The molecule has 21 heavy (non-hydrogen) atoms. The maximum absolute atomic E-state index is 12.5. The van der Waals surface area contributed by atoms with Gasteiger partial charge in [0.1, 0.15) is 4.90 Å². The summed E-state index contributed by atoms with van der Waals surface area (Å²) in [6.45, 7) is 0. The minimum atomic E-state index is -9.80. The van der Waals surface area contributed by atoms with E-state index in [2.05, 4.69) is 0 Å². The molecule has 9 heteroatoms. The Morgan fingerprint density at radius 2 is 1.10 bits per heavy atom. The molecule has 0 aliphatic heterocycles. The highest BCUT2D eigenvalue weighted by Gasteiger charge is 2.65. The van der Waals surface area contributed by atoms with Crippen molar-refractivity contribution < 1.29 is 27.8 Å². The van der Waals surface area contributed by atoms with Gasteiger partial charge in [0.2, 0.25) is 9.84 Å². The Balaban J connectivity index is 2.51. The second kappa shape index (κ2) is 3.98. The maximum atomic E-state index is 12.5. The van der Waals surface area contributed by atoms with Crippen LogP contribution in [0.3, 0.4) is 0 Å². The van der Waals surface area contributed by atoms with Gasteiger partial charge in [-0.25, -0.2) is 8.42 Å². The highest BCUT2D eigenvalue weighted by Crippen LogP contribution is 3.02. The number of sulfone groups is 1. The molecule has 0 N–H and O–H groups in total. The number of hydrogen-bond acceptors (Lipinski definition) is 2. The second-order valence-electron chi connectivity index (χ2n) is 4.26. The van der Waals surface area contributed by atoms with Crippen molar-refractivity contribution in [3.8, 4) is 0 Å². The zero-order valence-electron chi connectivity index (χ0n) is 10.2. The zero-order valence-corrected chi connectivity index (χ0v) is 11.9. The molecule has 0 aromatic heterocycles. The predicted octanol–water partition coefficient (Wildman–Crippen LogP) is 5.18. The first-order valence-electron chi connectivity index (χ1n) is 5.45. The smallest absolute Gasteiger partial charge is 0.219 e. The van der Waals surface area contributed by atoms with E-state index in [9.17, 15) is 27.8 Å². The molecule has 0 atom stereocenters. The summed E-state index contributed by atoms with van der Waals surface area (Å²) < 4.78 is 86.9. The van der Waals surface area contributed by atoms with Crippen LogP contribution in [0.2, 0.25) is 0 Å². The lowest BCUT2D eigenvalue weighted by molar-refractivity contribution is 0.364. The quantitative estimate of drug-likeness (QED) is 0.719. The van der Waals surface area contributed by atoms with E-state index >= 15 is 0 Å². The second-order valence-corrected chi connectivity index (χ2v) is 8.62. The first kappa shape index (κ1) is 15.8. The Kier molecular flexibility index (Phi) is 2.99. The van der Waals surface area contributed by atoms with Gasteiger partial charge in [0, 0.05) is 0 Å². The molecule has 0 amide bonds. The van der Waals surface area contributed by atoms with Crippen LogP contribution in [0.25, 0.3) is 0 Å². The molecule has 0 aliphatic rings. The molecule has 0 fully saturated rings. The van der Waals surface area contributed by atoms with Crippen LogP contribution < -0.4 is 0 Å². The van der Waals surface area contributed by atoms with E-state index in [0.717, 1.165) is 0 Å². The summed E-state index contributed by atoms with van der Waals surface area (Å²) in [6.07, 6.45) is 0. The summed E-state index contributed by atoms with van der Waals surface area (Å²) in [5.41, 5.74) is 0. The van der Waals surface area contributed by atoms with E-state index in [0.29, 0.717) is 12.1 Å². The van der Waals surface area contributed by atoms with Gasteiger partial charge in [-0.15, -0.1) is 0 Å². The third-order valence-corrected chi connectivity index (χ3v) is 5.58. The van der Waals surface area contributed by atoms with Crippen molar-refractivity contribution in [3.63, 3.8) is 0 Å². The highest BCUT2D eigenvalue weighted by molar-refractivity contribution is 8.45. The molecule has 2 aromatic rings. The van der Waals surface area contributed by atoms with Crippen molar-refractivity contribution in [1.82, 2.24) is 0 Å². The summed E-state index contributed by atoms with van der Waals surface area (Å²) in [6, 6.07) is 8.17. The average molecular weight is 344 g/mol. The van der Waals surface area contributed by atoms with Crippen LogP contribution >= 0.6 is 10.2 Å². The largest absolute Gasteiger partial charge is 0.310 e. The number of benzene rings is 2. The Hall–Kier alpha value is -1.61. The average Bonchev–Trinajstić information content (AvgIpc) is 2.37. The lowest BCUT2D eigenvalue weighted by Gasteiger charge is -2.40. The van der Waals surface area contributed by atoms with Gasteiger partial charge in [0.15, 0.2) is 0 Å². The third kappa shape index (κ3) is 3.35. The molecule has 2 rings (SSSR count). The maximum Gasteiger partial charge on any atom is 0.310 e. The summed E-state index contributed by atoms with van der Waals surface area (Å²) in [5, 5.41) is 0. The van der Waals surface area contributed by atoms with E-state index in [-0.39, 0.29) is 17.0 Å². The lowest BCUT2D eigenvalue weighted by atomic mass is 10.4. The van der Waals surface area contributed by atoms with E-state index in [4.69, 9.17) is 0 Å². The van der Waals surface area contributed by atoms with Crippen LogP contribution in [0.5, 0.6) is 0 Å². The molecular formula is C12H9F5O2S2. The fourth-order valence-electron chi connectivity index (χ4n) is 1.61. The summed E-state index contributed by atoms with van der Waals surface area (Å²) in [7, 11) is -13.8. The SMILES string of the molecule is O=S(=O)(c1ccccc1)c1ccc(S(F)(F)(F)(F)F)cc1. The van der Waals surface area contributed by atoms with Crippen LogP contribution in [-0.2, 0) is 9.84 Å². The fraction of sp³-hybridized carbons (Fsp3) is 0. The van der Waals surface area contributed by atoms with E-state index in [1.165, 1.54) is 24.3 Å². The summed E-state index contributed by atoms with van der Waals surface area (Å²) in [4.78, 5) is -2.74. The van der Waals surface area contributed by atoms with Gasteiger partial charge in [0.05, 0.1) is 9.79 Å². The summed E-state index contributed by atoms with van der Waals surface area (Å²) in [5.74, 6) is 0. The molecule has 0 heterocycles. The lowest BCUT2D eigenvalue weighted by Crippen LogP contribution is -2.07. The van der Waals surface area contributed by atoms with Gasteiger partial charge in [-0.2, -0.15) is 0 Å². The first-order chi connectivity index (χ1) is 9.30.